The molecular weight excluding hydrogens is 174 g/mol. The molecule has 1 saturated carbocycles. The Balaban J connectivity index is 2.14. The van der Waals surface area contributed by atoms with Gasteiger partial charge in [0.1, 0.15) is 0 Å². The maximum atomic E-state index is 10.7. The van der Waals surface area contributed by atoms with Crippen LogP contribution in [0.3, 0.4) is 0 Å². The second-order valence-corrected chi connectivity index (χ2v) is 4.70. The van der Waals surface area contributed by atoms with E-state index in [0.29, 0.717) is 12.3 Å². The molecule has 1 fully saturated rings. The Hall–Kier alpha value is -0.530. The lowest BCUT2D eigenvalue weighted by atomic mass is 9.78. The van der Waals surface area contributed by atoms with Gasteiger partial charge < -0.3 is 5.73 Å². The van der Waals surface area contributed by atoms with Crippen molar-refractivity contribution in [3.63, 3.8) is 0 Å². The Morgan fingerprint density at radius 3 is 2.29 bits per heavy atom. The lowest BCUT2D eigenvalue weighted by molar-refractivity contribution is -0.119. The predicted molar refractivity (Wildman–Crippen MR) is 58.8 cm³/mol. The average molecular weight is 197 g/mol. The number of carbonyl (C=O) groups is 1. The average Bonchev–Trinajstić information content (AvgIpc) is 2.16. The van der Waals surface area contributed by atoms with Crippen LogP contribution in [0.5, 0.6) is 0 Å². The fourth-order valence-electron chi connectivity index (χ4n) is 2.50. The summed E-state index contributed by atoms with van der Waals surface area (Å²) in [5.41, 5.74) is 5.20. The van der Waals surface area contributed by atoms with Gasteiger partial charge in [-0.15, -0.1) is 0 Å². The monoisotopic (exact) mass is 197 g/mol. The number of hydrogen-bond acceptors (Lipinski definition) is 1. The standard InChI is InChI=1S/C12H23NO/c1-2-3-4-10-5-7-11(8-6-10)9-12(13)14/h10-11H,2-9H2,1H3,(H2,13,14)/t10-,11-. The molecule has 0 aromatic carbocycles. The van der Waals surface area contributed by atoms with Crippen LogP contribution < -0.4 is 5.73 Å². The van der Waals surface area contributed by atoms with Crippen molar-refractivity contribution < 1.29 is 4.79 Å². The first-order valence-corrected chi connectivity index (χ1v) is 6.00. The highest BCUT2D eigenvalue weighted by atomic mass is 16.1. The number of primary amides is 1. The fraction of sp³-hybridized carbons (Fsp3) is 0.917. The van der Waals surface area contributed by atoms with Crippen molar-refractivity contribution in [2.75, 3.05) is 0 Å². The maximum absolute atomic E-state index is 10.7. The van der Waals surface area contributed by atoms with E-state index in [1.165, 1.54) is 44.9 Å². The summed E-state index contributed by atoms with van der Waals surface area (Å²) in [5, 5.41) is 0. The minimum absolute atomic E-state index is 0.123. The van der Waals surface area contributed by atoms with Crippen molar-refractivity contribution in [3.8, 4) is 0 Å². The third kappa shape index (κ3) is 4.12. The van der Waals surface area contributed by atoms with Crippen LogP contribution in [0.25, 0.3) is 0 Å². The van der Waals surface area contributed by atoms with Gasteiger partial charge in [-0.2, -0.15) is 0 Å². The third-order valence-corrected chi connectivity index (χ3v) is 3.42. The van der Waals surface area contributed by atoms with E-state index in [2.05, 4.69) is 6.92 Å². The molecular formula is C12H23NO. The Morgan fingerprint density at radius 2 is 1.79 bits per heavy atom. The van der Waals surface area contributed by atoms with Gasteiger partial charge in [0.25, 0.3) is 0 Å². The van der Waals surface area contributed by atoms with E-state index in [0.717, 1.165) is 5.92 Å². The summed E-state index contributed by atoms with van der Waals surface area (Å²) in [6.07, 6.45) is 9.75. The summed E-state index contributed by atoms with van der Waals surface area (Å²) in [7, 11) is 0. The first kappa shape index (κ1) is 11.5. The summed E-state index contributed by atoms with van der Waals surface area (Å²) >= 11 is 0. The Morgan fingerprint density at radius 1 is 1.21 bits per heavy atom. The van der Waals surface area contributed by atoms with E-state index in [-0.39, 0.29) is 5.91 Å². The maximum Gasteiger partial charge on any atom is 0.217 e. The van der Waals surface area contributed by atoms with Gasteiger partial charge in [0, 0.05) is 6.42 Å². The molecule has 2 nitrogen and oxygen atoms in total. The minimum atomic E-state index is -0.123. The topological polar surface area (TPSA) is 43.1 Å². The van der Waals surface area contributed by atoms with Crippen LogP contribution in [0.15, 0.2) is 0 Å². The molecule has 82 valence electrons. The number of rotatable bonds is 5. The number of unbranched alkanes of at least 4 members (excludes halogenated alkanes) is 1. The summed E-state index contributed by atoms with van der Waals surface area (Å²) in [6.45, 7) is 2.25. The van der Waals surface area contributed by atoms with E-state index in [4.69, 9.17) is 5.73 Å². The van der Waals surface area contributed by atoms with Gasteiger partial charge >= 0.3 is 0 Å². The molecule has 0 unspecified atom stereocenters. The molecule has 1 aliphatic rings. The third-order valence-electron chi connectivity index (χ3n) is 3.42. The van der Waals surface area contributed by atoms with Crippen LogP contribution in [0, 0.1) is 11.8 Å². The van der Waals surface area contributed by atoms with Crippen molar-refractivity contribution in [3.05, 3.63) is 0 Å². The molecule has 0 heterocycles. The zero-order valence-corrected chi connectivity index (χ0v) is 9.30. The largest absolute Gasteiger partial charge is 0.370 e. The van der Waals surface area contributed by atoms with Crippen molar-refractivity contribution in [2.24, 2.45) is 17.6 Å². The van der Waals surface area contributed by atoms with E-state index < -0.39 is 0 Å². The first-order valence-electron chi connectivity index (χ1n) is 6.00. The highest BCUT2D eigenvalue weighted by molar-refractivity contribution is 5.73. The van der Waals surface area contributed by atoms with E-state index in [1.54, 1.807) is 0 Å². The smallest absolute Gasteiger partial charge is 0.217 e. The molecule has 1 rings (SSSR count). The molecule has 0 aromatic heterocycles. The van der Waals surface area contributed by atoms with Crippen LogP contribution in [0.4, 0.5) is 0 Å². The lowest BCUT2D eigenvalue weighted by Gasteiger charge is -2.27. The van der Waals surface area contributed by atoms with Gasteiger partial charge in [0.2, 0.25) is 5.91 Å². The summed E-state index contributed by atoms with van der Waals surface area (Å²) < 4.78 is 0. The van der Waals surface area contributed by atoms with Crippen molar-refractivity contribution in [2.45, 2.75) is 58.3 Å². The Labute approximate surface area is 87.2 Å². The molecule has 0 radical (unpaired) electrons. The SMILES string of the molecule is CCCC[C@H]1CC[C@H](CC(N)=O)CC1. The summed E-state index contributed by atoms with van der Waals surface area (Å²) in [5.74, 6) is 1.39. The lowest BCUT2D eigenvalue weighted by Crippen LogP contribution is -2.21. The second kappa shape index (κ2) is 6.05. The number of carbonyl (C=O) groups excluding carboxylic acids is 1. The van der Waals surface area contributed by atoms with E-state index in [1.807, 2.05) is 0 Å². The number of nitrogens with two attached hydrogens (primary N) is 1. The fourth-order valence-corrected chi connectivity index (χ4v) is 2.50. The van der Waals surface area contributed by atoms with Crippen LogP contribution >= 0.6 is 0 Å². The van der Waals surface area contributed by atoms with E-state index >= 15 is 0 Å². The normalized spacial score (nSPS) is 27.5. The zero-order valence-electron chi connectivity index (χ0n) is 9.30. The second-order valence-electron chi connectivity index (χ2n) is 4.70. The molecule has 1 amide bonds. The quantitative estimate of drug-likeness (QED) is 0.723. The number of hydrogen-bond donors (Lipinski definition) is 1. The molecule has 0 spiro atoms. The minimum Gasteiger partial charge on any atom is -0.370 e. The Bertz CT molecular complexity index is 171. The van der Waals surface area contributed by atoms with Crippen LogP contribution in [0.2, 0.25) is 0 Å². The summed E-state index contributed by atoms with van der Waals surface area (Å²) in [6, 6.07) is 0. The van der Waals surface area contributed by atoms with Gasteiger partial charge in [-0.25, -0.2) is 0 Å². The van der Waals surface area contributed by atoms with Gasteiger partial charge in [-0.05, 0) is 24.7 Å². The van der Waals surface area contributed by atoms with Crippen LogP contribution in [0.1, 0.15) is 58.3 Å². The molecule has 0 aliphatic heterocycles. The van der Waals surface area contributed by atoms with Crippen LogP contribution in [-0.4, -0.2) is 5.91 Å². The molecule has 0 bridgehead atoms. The molecule has 14 heavy (non-hydrogen) atoms. The predicted octanol–water partition coefficient (Wildman–Crippen LogP) is 2.86. The van der Waals surface area contributed by atoms with Gasteiger partial charge in [0.05, 0.1) is 0 Å². The van der Waals surface area contributed by atoms with E-state index in [9.17, 15) is 4.79 Å². The molecule has 2 heteroatoms. The molecule has 2 N–H and O–H groups in total. The highest BCUT2D eigenvalue weighted by Gasteiger charge is 2.21. The first-order chi connectivity index (χ1) is 6.72. The zero-order chi connectivity index (χ0) is 10.4. The number of amides is 1. The molecule has 0 atom stereocenters. The summed E-state index contributed by atoms with van der Waals surface area (Å²) in [4.78, 5) is 10.7. The van der Waals surface area contributed by atoms with Crippen molar-refractivity contribution in [1.29, 1.82) is 0 Å². The molecule has 1 aliphatic carbocycles. The Kier molecular flexibility index (Phi) is 4.99. The van der Waals surface area contributed by atoms with Gasteiger partial charge in [0.15, 0.2) is 0 Å². The molecule has 0 aromatic rings. The van der Waals surface area contributed by atoms with Gasteiger partial charge in [-0.1, -0.05) is 39.0 Å². The van der Waals surface area contributed by atoms with Crippen molar-refractivity contribution >= 4 is 5.91 Å². The molecule has 0 saturated heterocycles. The van der Waals surface area contributed by atoms with Gasteiger partial charge in [-0.3, -0.25) is 4.79 Å². The van der Waals surface area contributed by atoms with Crippen molar-refractivity contribution in [1.82, 2.24) is 0 Å². The van der Waals surface area contributed by atoms with Crippen LogP contribution in [-0.2, 0) is 4.79 Å². The highest BCUT2D eigenvalue weighted by Crippen LogP contribution is 2.33.